The summed E-state index contributed by atoms with van der Waals surface area (Å²) in [7, 11) is 0. The van der Waals surface area contributed by atoms with Crippen LogP contribution in [0.3, 0.4) is 0 Å². The molecule has 2 aromatic heterocycles. The normalized spacial score (nSPS) is 11.1. The third-order valence-electron chi connectivity index (χ3n) is 2.99. The summed E-state index contributed by atoms with van der Waals surface area (Å²) in [6.45, 7) is 4.15. The highest BCUT2D eigenvalue weighted by Gasteiger charge is 2.10. The molecule has 0 spiro atoms. The molecule has 2 nitrogen and oxygen atoms in total. The molecule has 0 saturated heterocycles. The lowest BCUT2D eigenvalue weighted by Gasteiger charge is -2.06. The number of aromatic nitrogens is 2. The van der Waals surface area contributed by atoms with Crippen molar-refractivity contribution >= 4 is 34.0 Å². The van der Waals surface area contributed by atoms with Crippen LogP contribution in [0.1, 0.15) is 11.1 Å². The second-order valence-electron chi connectivity index (χ2n) is 4.27. The van der Waals surface area contributed by atoms with Crippen LogP contribution in [0.4, 0.5) is 0 Å². The third kappa shape index (κ3) is 1.89. The first-order chi connectivity index (χ1) is 8.65. The van der Waals surface area contributed by atoms with Crippen molar-refractivity contribution in [2.24, 2.45) is 0 Å². The highest BCUT2D eigenvalue weighted by molar-refractivity contribution is 7.13. The lowest BCUT2D eigenvalue weighted by Crippen LogP contribution is -1.92. The molecule has 0 bridgehead atoms. The van der Waals surface area contributed by atoms with Crippen molar-refractivity contribution in [3.63, 3.8) is 0 Å². The molecule has 0 aliphatic carbocycles. The molecule has 0 amide bonds. The van der Waals surface area contributed by atoms with E-state index < -0.39 is 0 Å². The molecular weight excluding hydrogens is 264 g/mol. The first-order valence-corrected chi connectivity index (χ1v) is 6.89. The molecular formula is C14H11ClN2S. The van der Waals surface area contributed by atoms with Crippen LogP contribution < -0.4 is 0 Å². The Hall–Kier alpha value is -1.45. The summed E-state index contributed by atoms with van der Waals surface area (Å²) in [6.07, 6.45) is 0. The number of halogens is 1. The van der Waals surface area contributed by atoms with Gasteiger partial charge in [-0.05, 0) is 48.6 Å². The minimum absolute atomic E-state index is 0.466. The van der Waals surface area contributed by atoms with E-state index in [1.807, 2.05) is 23.6 Å². The van der Waals surface area contributed by atoms with Gasteiger partial charge in [-0.2, -0.15) is 0 Å². The lowest BCUT2D eigenvalue weighted by atomic mass is 10.1. The van der Waals surface area contributed by atoms with E-state index in [1.54, 1.807) is 11.3 Å². The van der Waals surface area contributed by atoms with Gasteiger partial charge >= 0.3 is 0 Å². The third-order valence-corrected chi connectivity index (χ3v) is 4.13. The van der Waals surface area contributed by atoms with Crippen molar-refractivity contribution in [2.75, 3.05) is 0 Å². The van der Waals surface area contributed by atoms with Gasteiger partial charge in [0, 0.05) is 0 Å². The van der Waals surface area contributed by atoms with Gasteiger partial charge in [0.15, 0.2) is 5.15 Å². The van der Waals surface area contributed by atoms with Crippen LogP contribution in [0.5, 0.6) is 0 Å². The number of rotatable bonds is 1. The molecule has 0 unspecified atom stereocenters. The van der Waals surface area contributed by atoms with Crippen molar-refractivity contribution < 1.29 is 0 Å². The summed E-state index contributed by atoms with van der Waals surface area (Å²) < 4.78 is 0. The average Bonchev–Trinajstić information content (AvgIpc) is 2.84. The van der Waals surface area contributed by atoms with E-state index in [4.69, 9.17) is 11.6 Å². The van der Waals surface area contributed by atoms with E-state index in [2.05, 4.69) is 29.9 Å². The molecule has 3 aromatic rings. The van der Waals surface area contributed by atoms with Gasteiger partial charge in [-0.15, -0.1) is 11.3 Å². The molecule has 0 N–H and O–H groups in total. The summed E-state index contributed by atoms with van der Waals surface area (Å²) in [5.41, 5.74) is 4.93. The van der Waals surface area contributed by atoms with Gasteiger partial charge in [-0.3, -0.25) is 0 Å². The molecule has 90 valence electrons. The molecule has 1 aromatic carbocycles. The topological polar surface area (TPSA) is 25.8 Å². The molecule has 2 heterocycles. The Morgan fingerprint density at radius 2 is 1.72 bits per heavy atom. The van der Waals surface area contributed by atoms with E-state index in [0.717, 1.165) is 21.6 Å². The number of benzene rings is 1. The molecule has 0 aliphatic heterocycles. The van der Waals surface area contributed by atoms with Crippen LogP contribution >= 0.6 is 22.9 Å². The van der Waals surface area contributed by atoms with Gasteiger partial charge in [0.05, 0.1) is 15.9 Å². The van der Waals surface area contributed by atoms with Crippen molar-refractivity contribution in [1.82, 2.24) is 9.97 Å². The first kappa shape index (κ1) is 11.6. The van der Waals surface area contributed by atoms with Gasteiger partial charge in [0.25, 0.3) is 0 Å². The van der Waals surface area contributed by atoms with Gasteiger partial charge in [-0.1, -0.05) is 17.7 Å². The largest absolute Gasteiger partial charge is 0.242 e. The van der Waals surface area contributed by atoms with Crippen LogP contribution in [0.25, 0.3) is 21.6 Å². The Morgan fingerprint density at radius 1 is 1.06 bits per heavy atom. The molecule has 3 rings (SSSR count). The number of fused-ring (bicyclic) bond motifs is 1. The summed E-state index contributed by atoms with van der Waals surface area (Å²) in [5, 5.41) is 2.48. The number of hydrogen-bond donors (Lipinski definition) is 0. The van der Waals surface area contributed by atoms with Crippen LogP contribution in [-0.2, 0) is 0 Å². The lowest BCUT2D eigenvalue weighted by molar-refractivity contribution is 1.27. The van der Waals surface area contributed by atoms with Crippen molar-refractivity contribution in [1.29, 1.82) is 0 Å². The van der Waals surface area contributed by atoms with E-state index >= 15 is 0 Å². The maximum Gasteiger partial charge on any atom is 0.156 e. The smallest absolute Gasteiger partial charge is 0.156 e. The number of hydrogen-bond acceptors (Lipinski definition) is 3. The van der Waals surface area contributed by atoms with Crippen LogP contribution in [-0.4, -0.2) is 9.97 Å². The second-order valence-corrected chi connectivity index (χ2v) is 5.57. The molecule has 0 aliphatic rings. The standard InChI is InChI=1S/C14H11ClN2S/c1-8-6-10-11(7-9(8)2)17-14(15)13(16-10)12-4-3-5-18-12/h3-7H,1-2H3. The van der Waals surface area contributed by atoms with Crippen LogP contribution in [0.2, 0.25) is 5.15 Å². The predicted octanol–water partition coefficient (Wildman–Crippen LogP) is 4.63. The Labute approximate surface area is 114 Å². The zero-order valence-electron chi connectivity index (χ0n) is 10.1. The minimum Gasteiger partial charge on any atom is -0.242 e. The fraction of sp³-hybridized carbons (Fsp3) is 0.143. The van der Waals surface area contributed by atoms with Gasteiger partial charge in [0.2, 0.25) is 0 Å². The van der Waals surface area contributed by atoms with E-state index in [1.165, 1.54) is 11.1 Å². The summed E-state index contributed by atoms with van der Waals surface area (Å²) >= 11 is 7.84. The quantitative estimate of drug-likeness (QED) is 0.647. The Morgan fingerprint density at radius 3 is 2.33 bits per heavy atom. The van der Waals surface area contributed by atoms with Crippen molar-refractivity contribution in [3.05, 3.63) is 45.9 Å². The number of nitrogens with zero attached hydrogens (tertiary/aromatic N) is 2. The Balaban J connectivity index is 2.30. The second kappa shape index (κ2) is 4.34. The zero-order valence-corrected chi connectivity index (χ0v) is 11.6. The number of aryl methyl sites for hydroxylation is 2. The number of thiophene rings is 1. The van der Waals surface area contributed by atoms with Crippen molar-refractivity contribution in [2.45, 2.75) is 13.8 Å². The SMILES string of the molecule is Cc1cc2nc(Cl)c(-c3cccs3)nc2cc1C. The van der Waals surface area contributed by atoms with Gasteiger partial charge < -0.3 is 0 Å². The van der Waals surface area contributed by atoms with Gasteiger partial charge in [-0.25, -0.2) is 9.97 Å². The molecule has 18 heavy (non-hydrogen) atoms. The van der Waals surface area contributed by atoms with E-state index in [-0.39, 0.29) is 0 Å². The summed E-state index contributed by atoms with van der Waals surface area (Å²) in [4.78, 5) is 10.1. The van der Waals surface area contributed by atoms with E-state index in [9.17, 15) is 0 Å². The summed E-state index contributed by atoms with van der Waals surface area (Å²) in [6, 6.07) is 8.09. The predicted molar refractivity (Wildman–Crippen MR) is 77.3 cm³/mol. The molecule has 0 fully saturated rings. The molecule has 0 saturated carbocycles. The van der Waals surface area contributed by atoms with Crippen LogP contribution in [0.15, 0.2) is 29.6 Å². The van der Waals surface area contributed by atoms with Crippen molar-refractivity contribution in [3.8, 4) is 10.6 Å². The fourth-order valence-corrected chi connectivity index (χ4v) is 2.87. The van der Waals surface area contributed by atoms with Gasteiger partial charge in [0.1, 0.15) is 5.69 Å². The molecule has 0 radical (unpaired) electrons. The van der Waals surface area contributed by atoms with Crippen LogP contribution in [0, 0.1) is 13.8 Å². The maximum atomic E-state index is 6.22. The zero-order chi connectivity index (χ0) is 12.7. The maximum absolute atomic E-state index is 6.22. The van der Waals surface area contributed by atoms with E-state index in [0.29, 0.717) is 5.15 Å². The highest BCUT2D eigenvalue weighted by atomic mass is 35.5. The minimum atomic E-state index is 0.466. The monoisotopic (exact) mass is 274 g/mol. The Kier molecular flexibility index (Phi) is 2.80. The highest BCUT2D eigenvalue weighted by Crippen LogP contribution is 2.30. The average molecular weight is 275 g/mol. The first-order valence-electron chi connectivity index (χ1n) is 5.63. The molecule has 0 atom stereocenters. The fourth-order valence-electron chi connectivity index (χ4n) is 1.86. The Bertz CT molecular complexity index is 720. The molecule has 4 heteroatoms. The summed E-state index contributed by atoms with van der Waals surface area (Å²) in [5.74, 6) is 0.